The fourth-order valence-corrected chi connectivity index (χ4v) is 4.23. The molecule has 0 spiro atoms. The number of hydrogen-bond acceptors (Lipinski definition) is 3. The zero-order valence-corrected chi connectivity index (χ0v) is 15.0. The number of aryl methyl sites for hydroxylation is 2. The second-order valence-electron chi connectivity index (χ2n) is 7.48. The Balaban J connectivity index is 1.48. The molecule has 2 heterocycles. The van der Waals surface area contributed by atoms with E-state index in [-0.39, 0.29) is 5.91 Å². The van der Waals surface area contributed by atoms with Crippen molar-refractivity contribution in [2.75, 3.05) is 13.1 Å². The molecular formula is C19H32N4O. The smallest absolute Gasteiger partial charge is 0.234 e. The van der Waals surface area contributed by atoms with Gasteiger partial charge in [0.05, 0.1) is 6.54 Å². The van der Waals surface area contributed by atoms with Crippen LogP contribution in [-0.4, -0.2) is 45.5 Å². The van der Waals surface area contributed by atoms with Crippen molar-refractivity contribution in [3.05, 3.63) is 18.2 Å². The lowest BCUT2D eigenvalue weighted by molar-refractivity contribution is -0.124. The normalized spacial score (nSPS) is 23.3. The van der Waals surface area contributed by atoms with E-state index < -0.39 is 0 Å². The van der Waals surface area contributed by atoms with Gasteiger partial charge in [-0.1, -0.05) is 25.7 Å². The summed E-state index contributed by atoms with van der Waals surface area (Å²) in [5.41, 5.74) is 0. The number of rotatable bonds is 6. The second kappa shape index (κ2) is 8.65. The Bertz CT molecular complexity index is 521. The van der Waals surface area contributed by atoms with Gasteiger partial charge < -0.3 is 9.88 Å². The van der Waals surface area contributed by atoms with E-state index >= 15 is 0 Å². The van der Waals surface area contributed by atoms with Crippen molar-refractivity contribution in [3.8, 4) is 0 Å². The van der Waals surface area contributed by atoms with Crippen molar-refractivity contribution in [1.29, 1.82) is 0 Å². The van der Waals surface area contributed by atoms with Crippen molar-refractivity contribution in [2.45, 2.75) is 83.3 Å². The van der Waals surface area contributed by atoms with Crippen LogP contribution in [0.3, 0.4) is 0 Å². The summed E-state index contributed by atoms with van der Waals surface area (Å²) in [5, 5.41) is 3.27. The van der Waals surface area contributed by atoms with Crippen LogP contribution in [-0.2, 0) is 11.3 Å². The number of nitrogens with one attached hydrogen (secondary N) is 1. The van der Waals surface area contributed by atoms with Gasteiger partial charge in [0.2, 0.25) is 5.91 Å². The Morgan fingerprint density at radius 3 is 2.75 bits per heavy atom. The number of imidazole rings is 1. The first-order chi connectivity index (χ1) is 11.7. The van der Waals surface area contributed by atoms with Crippen LogP contribution in [0.25, 0.3) is 0 Å². The first kappa shape index (κ1) is 17.5. The predicted molar refractivity (Wildman–Crippen MR) is 95.8 cm³/mol. The summed E-state index contributed by atoms with van der Waals surface area (Å²) in [6.45, 7) is 4.68. The number of piperidine rings is 1. The van der Waals surface area contributed by atoms with Gasteiger partial charge in [-0.3, -0.25) is 9.69 Å². The van der Waals surface area contributed by atoms with E-state index in [0.717, 1.165) is 38.2 Å². The lowest BCUT2D eigenvalue weighted by Crippen LogP contribution is -2.48. The Hall–Kier alpha value is -1.36. The number of carbonyl (C=O) groups is 1. The molecule has 134 valence electrons. The summed E-state index contributed by atoms with van der Waals surface area (Å²) in [6, 6.07) is 0.945. The third-order valence-electron chi connectivity index (χ3n) is 5.69. The van der Waals surface area contributed by atoms with E-state index in [1.54, 1.807) is 0 Å². The van der Waals surface area contributed by atoms with Gasteiger partial charge in [-0.05, 0) is 45.6 Å². The number of carbonyl (C=O) groups excluding carboxylic acids is 1. The summed E-state index contributed by atoms with van der Waals surface area (Å²) in [7, 11) is 0. The monoisotopic (exact) mass is 332 g/mol. The number of amides is 1. The van der Waals surface area contributed by atoms with Crippen molar-refractivity contribution in [3.63, 3.8) is 0 Å². The minimum absolute atomic E-state index is 0.229. The van der Waals surface area contributed by atoms with Crippen LogP contribution in [0, 0.1) is 6.92 Å². The topological polar surface area (TPSA) is 50.2 Å². The van der Waals surface area contributed by atoms with Gasteiger partial charge in [-0.15, -0.1) is 0 Å². The molecule has 1 aliphatic carbocycles. The predicted octanol–water partition coefficient (Wildman–Crippen LogP) is 2.89. The lowest BCUT2D eigenvalue weighted by Gasteiger charge is -2.36. The van der Waals surface area contributed by atoms with Crippen molar-refractivity contribution in [2.24, 2.45) is 0 Å². The van der Waals surface area contributed by atoms with Gasteiger partial charge in [0.1, 0.15) is 5.82 Å². The molecule has 1 saturated carbocycles. The van der Waals surface area contributed by atoms with Crippen LogP contribution in [0.15, 0.2) is 12.4 Å². The summed E-state index contributed by atoms with van der Waals surface area (Å²) >= 11 is 0. The minimum Gasteiger partial charge on any atom is -0.352 e. The molecule has 0 radical (unpaired) electrons. The molecule has 24 heavy (non-hydrogen) atoms. The van der Waals surface area contributed by atoms with E-state index in [4.69, 9.17) is 0 Å². The highest BCUT2D eigenvalue weighted by molar-refractivity contribution is 5.78. The van der Waals surface area contributed by atoms with Crippen LogP contribution in [0.1, 0.15) is 63.6 Å². The standard InChI is InChI=1S/C19H32N4O/c1-16-20-11-14-22(16)13-10-18-9-5-6-12-23(18)15-19(24)21-17-7-3-2-4-8-17/h11,14,17-18H,2-10,12-13,15H2,1H3,(H,21,24). The molecule has 1 atom stereocenters. The van der Waals surface area contributed by atoms with Crippen molar-refractivity contribution < 1.29 is 4.79 Å². The van der Waals surface area contributed by atoms with E-state index in [1.165, 1.54) is 38.5 Å². The van der Waals surface area contributed by atoms with Crippen LogP contribution in [0.4, 0.5) is 0 Å². The molecule has 1 amide bonds. The summed E-state index contributed by atoms with van der Waals surface area (Å²) in [5.74, 6) is 1.31. The van der Waals surface area contributed by atoms with Crippen molar-refractivity contribution in [1.82, 2.24) is 19.8 Å². The molecule has 1 aromatic rings. The number of hydrogen-bond donors (Lipinski definition) is 1. The molecule has 1 aromatic heterocycles. The molecule has 0 aromatic carbocycles. The highest BCUT2D eigenvalue weighted by atomic mass is 16.2. The summed E-state index contributed by atoms with van der Waals surface area (Å²) in [4.78, 5) is 19.2. The molecule has 2 aliphatic rings. The van der Waals surface area contributed by atoms with E-state index in [1.807, 2.05) is 6.20 Å². The Kier molecular flexibility index (Phi) is 6.30. The summed E-state index contributed by atoms with van der Waals surface area (Å²) in [6.07, 6.45) is 14.9. The first-order valence-corrected chi connectivity index (χ1v) is 9.73. The third kappa shape index (κ3) is 4.82. The largest absolute Gasteiger partial charge is 0.352 e. The zero-order chi connectivity index (χ0) is 16.8. The summed E-state index contributed by atoms with van der Waals surface area (Å²) < 4.78 is 2.22. The fourth-order valence-electron chi connectivity index (χ4n) is 4.23. The lowest BCUT2D eigenvalue weighted by atomic mass is 9.95. The van der Waals surface area contributed by atoms with Gasteiger partial charge in [0, 0.05) is 31.0 Å². The molecule has 5 heteroatoms. The van der Waals surface area contributed by atoms with E-state index in [2.05, 4.69) is 32.9 Å². The fraction of sp³-hybridized carbons (Fsp3) is 0.789. The Morgan fingerprint density at radius 2 is 2.00 bits per heavy atom. The molecule has 1 unspecified atom stereocenters. The first-order valence-electron chi connectivity index (χ1n) is 9.73. The van der Waals surface area contributed by atoms with Gasteiger partial charge in [0.25, 0.3) is 0 Å². The third-order valence-corrected chi connectivity index (χ3v) is 5.69. The van der Waals surface area contributed by atoms with Gasteiger partial charge in [-0.25, -0.2) is 4.98 Å². The van der Waals surface area contributed by atoms with E-state index in [0.29, 0.717) is 18.6 Å². The number of nitrogens with zero attached hydrogens (tertiary/aromatic N) is 3. The Morgan fingerprint density at radius 1 is 1.21 bits per heavy atom. The van der Waals surface area contributed by atoms with Crippen LogP contribution >= 0.6 is 0 Å². The number of likely N-dealkylation sites (tertiary alicyclic amines) is 1. The molecule has 3 rings (SSSR count). The maximum Gasteiger partial charge on any atom is 0.234 e. The van der Waals surface area contributed by atoms with Gasteiger partial charge in [-0.2, -0.15) is 0 Å². The average molecular weight is 332 g/mol. The van der Waals surface area contributed by atoms with E-state index in [9.17, 15) is 4.79 Å². The highest BCUT2D eigenvalue weighted by Crippen LogP contribution is 2.21. The Labute approximate surface area is 145 Å². The maximum atomic E-state index is 12.4. The molecule has 5 nitrogen and oxygen atoms in total. The molecular weight excluding hydrogens is 300 g/mol. The average Bonchev–Trinajstić information content (AvgIpc) is 3.00. The van der Waals surface area contributed by atoms with Crippen LogP contribution in [0.5, 0.6) is 0 Å². The molecule has 0 bridgehead atoms. The highest BCUT2D eigenvalue weighted by Gasteiger charge is 2.25. The quantitative estimate of drug-likeness (QED) is 0.871. The molecule has 1 saturated heterocycles. The minimum atomic E-state index is 0.229. The zero-order valence-electron chi connectivity index (χ0n) is 15.0. The second-order valence-corrected chi connectivity index (χ2v) is 7.48. The van der Waals surface area contributed by atoms with Crippen molar-refractivity contribution >= 4 is 5.91 Å². The number of aromatic nitrogens is 2. The maximum absolute atomic E-state index is 12.4. The SMILES string of the molecule is Cc1nccn1CCC1CCCCN1CC(=O)NC1CCCCC1. The van der Waals surface area contributed by atoms with Crippen LogP contribution < -0.4 is 5.32 Å². The van der Waals surface area contributed by atoms with Gasteiger partial charge >= 0.3 is 0 Å². The van der Waals surface area contributed by atoms with Crippen LogP contribution in [0.2, 0.25) is 0 Å². The molecule has 1 N–H and O–H groups in total. The van der Waals surface area contributed by atoms with Gasteiger partial charge in [0.15, 0.2) is 0 Å². The molecule has 1 aliphatic heterocycles. The molecule has 2 fully saturated rings.